The predicted molar refractivity (Wildman–Crippen MR) is 62.3 cm³/mol. The molecule has 2 rings (SSSR count). The first-order valence-electron chi connectivity index (χ1n) is 5.48. The Kier molecular flexibility index (Phi) is 3.46. The van der Waals surface area contributed by atoms with Crippen LogP contribution in [0.2, 0.25) is 0 Å². The van der Waals surface area contributed by atoms with E-state index in [4.69, 9.17) is 5.73 Å². The topological polar surface area (TPSA) is 72.2 Å². The molecule has 0 aliphatic heterocycles. The molecule has 1 fully saturated rings. The molecule has 4 nitrogen and oxygen atoms in total. The molecule has 0 unspecified atom stereocenters. The molecule has 1 saturated carbocycles. The van der Waals surface area contributed by atoms with Gasteiger partial charge >= 0.3 is 0 Å². The van der Waals surface area contributed by atoms with Gasteiger partial charge in [-0.3, -0.25) is 0 Å². The maximum Gasteiger partial charge on any atom is 0.240 e. The van der Waals surface area contributed by atoms with Crippen LogP contribution in [0.4, 0.5) is 4.39 Å². The van der Waals surface area contributed by atoms with E-state index in [1.807, 2.05) is 0 Å². The van der Waals surface area contributed by atoms with Crippen LogP contribution in [-0.4, -0.2) is 21.0 Å². The number of hydrogen-bond donors (Lipinski definition) is 2. The molecule has 0 bridgehead atoms. The van der Waals surface area contributed by atoms with E-state index in [-0.39, 0.29) is 10.9 Å². The Hall–Kier alpha value is -0.980. The highest BCUT2D eigenvalue weighted by Crippen LogP contribution is 2.25. The first-order valence-corrected chi connectivity index (χ1v) is 6.96. The molecular weight excluding hydrogens is 243 g/mol. The highest BCUT2D eigenvalue weighted by Gasteiger charge is 2.27. The molecule has 0 radical (unpaired) electrons. The van der Waals surface area contributed by atoms with E-state index in [0.717, 1.165) is 18.9 Å². The second-order valence-electron chi connectivity index (χ2n) is 4.41. The third kappa shape index (κ3) is 3.02. The number of halogens is 1. The summed E-state index contributed by atoms with van der Waals surface area (Å²) in [4.78, 5) is -0.0406. The Morgan fingerprint density at radius 3 is 2.71 bits per heavy atom. The van der Waals surface area contributed by atoms with Crippen molar-refractivity contribution >= 4 is 10.0 Å². The summed E-state index contributed by atoms with van der Waals surface area (Å²) in [6.45, 7) is 0.368. The Labute approximate surface area is 100 Å². The standard InChI is InChI=1S/C11H15FN2O2S/c12-9-2-1-3-11(6-9)17(15,16)14-7-8-4-10(13)5-8/h1-3,6,8,10,14H,4-5,7,13H2. The van der Waals surface area contributed by atoms with E-state index < -0.39 is 15.8 Å². The van der Waals surface area contributed by atoms with Crippen molar-refractivity contribution in [1.29, 1.82) is 0 Å². The Bertz CT molecular complexity index is 498. The van der Waals surface area contributed by atoms with Crippen LogP contribution in [0.3, 0.4) is 0 Å². The van der Waals surface area contributed by atoms with Gasteiger partial charge in [-0.2, -0.15) is 0 Å². The van der Waals surface area contributed by atoms with Crippen molar-refractivity contribution in [2.75, 3.05) is 6.54 Å². The number of benzene rings is 1. The number of hydrogen-bond acceptors (Lipinski definition) is 3. The normalized spacial score (nSPS) is 24.4. The lowest BCUT2D eigenvalue weighted by molar-refractivity contribution is 0.267. The third-order valence-electron chi connectivity index (χ3n) is 2.94. The van der Waals surface area contributed by atoms with Crippen molar-refractivity contribution in [1.82, 2.24) is 4.72 Å². The largest absolute Gasteiger partial charge is 0.328 e. The fourth-order valence-corrected chi connectivity index (χ4v) is 3.05. The van der Waals surface area contributed by atoms with Crippen LogP contribution in [-0.2, 0) is 10.0 Å². The molecule has 1 aromatic rings. The molecule has 6 heteroatoms. The maximum absolute atomic E-state index is 12.9. The van der Waals surface area contributed by atoms with Crippen LogP contribution in [0, 0.1) is 11.7 Å². The summed E-state index contributed by atoms with van der Waals surface area (Å²) < 4.78 is 39.0. The minimum Gasteiger partial charge on any atom is -0.328 e. The van der Waals surface area contributed by atoms with Gasteiger partial charge in [0.2, 0.25) is 10.0 Å². The molecule has 0 amide bonds. The minimum atomic E-state index is -3.60. The zero-order valence-corrected chi connectivity index (χ0v) is 10.1. The summed E-state index contributed by atoms with van der Waals surface area (Å²) in [6, 6.07) is 5.17. The summed E-state index contributed by atoms with van der Waals surface area (Å²) in [5.74, 6) is -0.258. The Balaban J connectivity index is 1.99. The van der Waals surface area contributed by atoms with Gasteiger partial charge in [-0.25, -0.2) is 17.5 Å². The van der Waals surface area contributed by atoms with Crippen molar-refractivity contribution in [2.24, 2.45) is 11.7 Å². The van der Waals surface area contributed by atoms with E-state index in [9.17, 15) is 12.8 Å². The highest BCUT2D eigenvalue weighted by atomic mass is 32.2. The molecule has 17 heavy (non-hydrogen) atoms. The van der Waals surface area contributed by atoms with Gasteiger partial charge in [0.15, 0.2) is 0 Å². The SMILES string of the molecule is NC1CC(CNS(=O)(=O)c2cccc(F)c2)C1. The summed E-state index contributed by atoms with van der Waals surface area (Å²) >= 11 is 0. The van der Waals surface area contributed by atoms with Gasteiger partial charge in [-0.1, -0.05) is 6.07 Å². The number of sulfonamides is 1. The van der Waals surface area contributed by atoms with Crippen LogP contribution in [0.25, 0.3) is 0 Å². The van der Waals surface area contributed by atoms with Gasteiger partial charge in [0, 0.05) is 12.6 Å². The first kappa shape index (κ1) is 12.5. The molecule has 0 atom stereocenters. The van der Waals surface area contributed by atoms with E-state index >= 15 is 0 Å². The van der Waals surface area contributed by atoms with Crippen LogP contribution < -0.4 is 10.5 Å². The molecular formula is C11H15FN2O2S. The van der Waals surface area contributed by atoms with E-state index in [1.54, 1.807) is 0 Å². The number of nitrogens with two attached hydrogens (primary N) is 1. The van der Waals surface area contributed by atoms with Crippen molar-refractivity contribution in [3.05, 3.63) is 30.1 Å². The lowest BCUT2D eigenvalue weighted by Crippen LogP contribution is -2.42. The average Bonchev–Trinajstić information content (AvgIpc) is 2.23. The molecule has 3 N–H and O–H groups in total. The zero-order valence-electron chi connectivity index (χ0n) is 9.27. The van der Waals surface area contributed by atoms with Crippen LogP contribution in [0.5, 0.6) is 0 Å². The number of rotatable bonds is 4. The highest BCUT2D eigenvalue weighted by molar-refractivity contribution is 7.89. The third-order valence-corrected chi connectivity index (χ3v) is 4.36. The van der Waals surface area contributed by atoms with Crippen molar-refractivity contribution in [3.63, 3.8) is 0 Å². The molecule has 0 spiro atoms. The quantitative estimate of drug-likeness (QED) is 0.840. The monoisotopic (exact) mass is 258 g/mol. The molecule has 0 aromatic heterocycles. The van der Waals surface area contributed by atoms with Gasteiger partial charge in [-0.05, 0) is 37.0 Å². The smallest absolute Gasteiger partial charge is 0.240 e. The molecule has 0 saturated heterocycles. The van der Waals surface area contributed by atoms with E-state index in [0.29, 0.717) is 12.5 Å². The van der Waals surface area contributed by atoms with Crippen LogP contribution in [0.15, 0.2) is 29.2 Å². The van der Waals surface area contributed by atoms with E-state index in [2.05, 4.69) is 4.72 Å². The van der Waals surface area contributed by atoms with Gasteiger partial charge in [-0.15, -0.1) is 0 Å². The van der Waals surface area contributed by atoms with Crippen LogP contribution in [0.1, 0.15) is 12.8 Å². The van der Waals surface area contributed by atoms with Crippen molar-refractivity contribution in [2.45, 2.75) is 23.8 Å². The van der Waals surface area contributed by atoms with Crippen molar-refractivity contribution < 1.29 is 12.8 Å². The van der Waals surface area contributed by atoms with Gasteiger partial charge in [0.1, 0.15) is 5.82 Å². The fourth-order valence-electron chi connectivity index (χ4n) is 1.90. The summed E-state index contributed by atoms with van der Waals surface area (Å²) in [5.41, 5.74) is 5.61. The van der Waals surface area contributed by atoms with Gasteiger partial charge in [0.05, 0.1) is 4.90 Å². The predicted octanol–water partition coefficient (Wildman–Crippen LogP) is 0.841. The molecule has 1 aliphatic rings. The second kappa shape index (κ2) is 4.72. The second-order valence-corrected chi connectivity index (χ2v) is 6.17. The maximum atomic E-state index is 12.9. The number of nitrogens with one attached hydrogen (secondary N) is 1. The lowest BCUT2D eigenvalue weighted by Gasteiger charge is -2.32. The Morgan fingerprint density at radius 1 is 1.41 bits per heavy atom. The molecule has 0 heterocycles. The first-order chi connectivity index (χ1) is 7.97. The summed E-state index contributed by atoms with van der Waals surface area (Å²) in [5, 5.41) is 0. The summed E-state index contributed by atoms with van der Waals surface area (Å²) in [6.07, 6.45) is 1.68. The molecule has 1 aromatic carbocycles. The van der Waals surface area contributed by atoms with E-state index in [1.165, 1.54) is 18.2 Å². The average molecular weight is 258 g/mol. The zero-order chi connectivity index (χ0) is 12.5. The van der Waals surface area contributed by atoms with Crippen molar-refractivity contribution in [3.8, 4) is 0 Å². The van der Waals surface area contributed by atoms with Gasteiger partial charge < -0.3 is 5.73 Å². The molecule has 94 valence electrons. The minimum absolute atomic E-state index is 0.0406. The summed E-state index contributed by atoms with van der Waals surface area (Å²) in [7, 11) is -3.60. The molecule has 1 aliphatic carbocycles. The Morgan fingerprint density at radius 2 is 2.12 bits per heavy atom. The lowest BCUT2D eigenvalue weighted by atomic mass is 9.81. The van der Waals surface area contributed by atoms with Gasteiger partial charge in [0.25, 0.3) is 0 Å². The van der Waals surface area contributed by atoms with Crippen LogP contribution >= 0.6 is 0 Å². The fraction of sp³-hybridized carbons (Fsp3) is 0.455.